The number of hydrogen-bond donors (Lipinski definition) is 4. The number of amides is 3. The van der Waals surface area contributed by atoms with E-state index in [1.165, 1.54) is 31.1 Å². The number of fused-ring (bicyclic) bond motifs is 2. The lowest BCUT2D eigenvalue weighted by molar-refractivity contribution is 0.0910. The molecule has 3 heterocycles. The quantitative estimate of drug-likeness (QED) is 0.655. The van der Waals surface area contributed by atoms with Crippen LogP contribution >= 0.6 is 11.3 Å². The SMILES string of the molecule is CNC(=O)Nc1cc(Nc2nc3c(s2)C(=O)NC32CCCCC2)ncn1. The molecule has 136 valence electrons. The molecule has 1 aliphatic carbocycles. The van der Waals surface area contributed by atoms with Gasteiger partial charge in [0.25, 0.3) is 5.91 Å². The molecule has 2 aromatic heterocycles. The van der Waals surface area contributed by atoms with Crippen molar-refractivity contribution < 1.29 is 9.59 Å². The minimum absolute atomic E-state index is 0.0443. The summed E-state index contributed by atoms with van der Waals surface area (Å²) in [6.45, 7) is 0. The largest absolute Gasteiger partial charge is 0.341 e. The van der Waals surface area contributed by atoms with Crippen molar-refractivity contribution in [1.29, 1.82) is 0 Å². The molecule has 10 heteroatoms. The lowest BCUT2D eigenvalue weighted by Gasteiger charge is -2.32. The van der Waals surface area contributed by atoms with Gasteiger partial charge in [0, 0.05) is 13.1 Å². The third-order valence-corrected chi connectivity index (χ3v) is 5.69. The fourth-order valence-electron chi connectivity index (χ4n) is 3.48. The first-order valence-electron chi connectivity index (χ1n) is 8.51. The monoisotopic (exact) mass is 373 g/mol. The van der Waals surface area contributed by atoms with Crippen LogP contribution in [-0.4, -0.2) is 33.9 Å². The van der Waals surface area contributed by atoms with Crippen LogP contribution in [0.5, 0.6) is 0 Å². The van der Waals surface area contributed by atoms with Gasteiger partial charge in [0.1, 0.15) is 22.8 Å². The Kier molecular flexibility index (Phi) is 4.19. The molecule has 4 rings (SSSR count). The van der Waals surface area contributed by atoms with Crippen LogP contribution in [0.4, 0.5) is 21.6 Å². The lowest BCUT2D eigenvalue weighted by Crippen LogP contribution is -2.41. The first-order valence-corrected chi connectivity index (χ1v) is 9.33. The number of carbonyl (C=O) groups excluding carboxylic acids is 2. The molecule has 3 amide bonds. The van der Waals surface area contributed by atoms with Crippen LogP contribution in [0.25, 0.3) is 0 Å². The minimum atomic E-state index is -0.362. The number of aromatic nitrogens is 3. The summed E-state index contributed by atoms with van der Waals surface area (Å²) >= 11 is 1.32. The second-order valence-electron chi connectivity index (χ2n) is 6.41. The van der Waals surface area contributed by atoms with E-state index in [4.69, 9.17) is 0 Å². The summed E-state index contributed by atoms with van der Waals surface area (Å²) in [6, 6.07) is 1.25. The number of nitrogens with one attached hydrogen (secondary N) is 4. The van der Waals surface area contributed by atoms with Gasteiger partial charge in [0.2, 0.25) is 0 Å². The van der Waals surface area contributed by atoms with Gasteiger partial charge in [-0.1, -0.05) is 30.6 Å². The van der Waals surface area contributed by atoms with Crippen LogP contribution in [0.2, 0.25) is 0 Å². The van der Waals surface area contributed by atoms with Crippen LogP contribution in [0.15, 0.2) is 12.4 Å². The molecule has 0 radical (unpaired) electrons. The van der Waals surface area contributed by atoms with Crippen LogP contribution in [0.1, 0.15) is 47.5 Å². The van der Waals surface area contributed by atoms with E-state index in [2.05, 4.69) is 36.2 Å². The highest BCUT2D eigenvalue weighted by Crippen LogP contribution is 2.45. The highest BCUT2D eigenvalue weighted by atomic mass is 32.1. The molecule has 1 saturated carbocycles. The first-order chi connectivity index (χ1) is 12.6. The van der Waals surface area contributed by atoms with E-state index in [0.717, 1.165) is 31.4 Å². The van der Waals surface area contributed by atoms with E-state index >= 15 is 0 Å². The van der Waals surface area contributed by atoms with Gasteiger partial charge >= 0.3 is 6.03 Å². The van der Waals surface area contributed by atoms with Gasteiger partial charge in [-0.05, 0) is 12.8 Å². The van der Waals surface area contributed by atoms with Crippen molar-refractivity contribution in [2.45, 2.75) is 37.6 Å². The second-order valence-corrected chi connectivity index (χ2v) is 7.41. The molecule has 1 fully saturated rings. The molecular weight excluding hydrogens is 354 g/mol. The van der Waals surface area contributed by atoms with Crippen LogP contribution < -0.4 is 21.3 Å². The number of rotatable bonds is 3. The van der Waals surface area contributed by atoms with Crippen molar-refractivity contribution in [3.8, 4) is 0 Å². The predicted octanol–water partition coefficient (Wildman–Crippen LogP) is 2.33. The minimum Gasteiger partial charge on any atom is -0.341 e. The maximum Gasteiger partial charge on any atom is 0.320 e. The summed E-state index contributed by atoms with van der Waals surface area (Å²) in [7, 11) is 1.53. The Labute approximate surface area is 154 Å². The predicted molar refractivity (Wildman–Crippen MR) is 97.7 cm³/mol. The molecule has 2 aromatic rings. The number of urea groups is 1. The van der Waals surface area contributed by atoms with E-state index in [9.17, 15) is 9.59 Å². The van der Waals surface area contributed by atoms with Crippen molar-refractivity contribution in [2.75, 3.05) is 17.7 Å². The molecule has 26 heavy (non-hydrogen) atoms. The van der Waals surface area contributed by atoms with Crippen LogP contribution in [0, 0.1) is 0 Å². The zero-order chi connectivity index (χ0) is 18.1. The van der Waals surface area contributed by atoms with Crippen LogP contribution in [0.3, 0.4) is 0 Å². The van der Waals surface area contributed by atoms with Gasteiger partial charge in [-0.15, -0.1) is 0 Å². The third kappa shape index (κ3) is 2.96. The number of anilines is 3. The molecule has 0 bridgehead atoms. The Balaban J connectivity index is 1.56. The summed E-state index contributed by atoms with van der Waals surface area (Å²) < 4.78 is 0. The Hall–Kier alpha value is -2.75. The van der Waals surface area contributed by atoms with Crippen molar-refractivity contribution in [2.24, 2.45) is 0 Å². The summed E-state index contributed by atoms with van der Waals surface area (Å²) in [5, 5.41) is 11.9. The molecule has 1 spiro atoms. The average Bonchev–Trinajstić information content (AvgIpc) is 3.16. The van der Waals surface area contributed by atoms with E-state index in [1.54, 1.807) is 6.07 Å². The fraction of sp³-hybridized carbons (Fsp3) is 0.438. The molecule has 1 aliphatic heterocycles. The number of carbonyl (C=O) groups is 2. The normalized spacial score (nSPS) is 17.5. The number of nitrogens with zero attached hydrogens (tertiary/aromatic N) is 3. The van der Waals surface area contributed by atoms with Gasteiger partial charge in [0.05, 0.1) is 11.2 Å². The first kappa shape index (κ1) is 16.7. The zero-order valence-electron chi connectivity index (χ0n) is 14.3. The smallest absolute Gasteiger partial charge is 0.320 e. The average molecular weight is 373 g/mol. The van der Waals surface area contributed by atoms with E-state index in [0.29, 0.717) is 21.6 Å². The van der Waals surface area contributed by atoms with Gasteiger partial charge in [-0.2, -0.15) is 0 Å². The third-order valence-electron chi connectivity index (χ3n) is 4.72. The molecule has 0 atom stereocenters. The van der Waals surface area contributed by atoms with E-state index in [-0.39, 0.29) is 17.5 Å². The fourth-order valence-corrected chi connectivity index (χ4v) is 4.45. The Bertz CT molecular complexity index is 860. The summed E-state index contributed by atoms with van der Waals surface area (Å²) in [5.74, 6) is 0.821. The highest BCUT2D eigenvalue weighted by Gasteiger charge is 2.46. The molecule has 4 N–H and O–H groups in total. The highest BCUT2D eigenvalue weighted by molar-refractivity contribution is 7.17. The Morgan fingerprint density at radius 2 is 2.00 bits per heavy atom. The zero-order valence-corrected chi connectivity index (χ0v) is 15.1. The van der Waals surface area contributed by atoms with Crippen molar-refractivity contribution in [1.82, 2.24) is 25.6 Å². The Morgan fingerprint density at radius 3 is 2.77 bits per heavy atom. The van der Waals surface area contributed by atoms with Crippen molar-refractivity contribution in [3.05, 3.63) is 23.0 Å². The van der Waals surface area contributed by atoms with E-state index in [1.807, 2.05) is 0 Å². The van der Waals surface area contributed by atoms with E-state index < -0.39 is 0 Å². The van der Waals surface area contributed by atoms with Gasteiger partial charge in [0.15, 0.2) is 5.13 Å². The maximum atomic E-state index is 12.4. The molecule has 9 nitrogen and oxygen atoms in total. The Morgan fingerprint density at radius 1 is 1.23 bits per heavy atom. The van der Waals surface area contributed by atoms with Gasteiger partial charge in [-0.25, -0.2) is 19.7 Å². The maximum absolute atomic E-state index is 12.4. The summed E-state index contributed by atoms with van der Waals surface area (Å²) in [4.78, 5) is 37.3. The molecule has 0 saturated heterocycles. The summed E-state index contributed by atoms with van der Waals surface area (Å²) in [6.07, 6.45) is 6.61. The number of hydrogen-bond acceptors (Lipinski definition) is 7. The number of thiazole rings is 1. The van der Waals surface area contributed by atoms with Crippen molar-refractivity contribution >= 4 is 40.0 Å². The van der Waals surface area contributed by atoms with Gasteiger partial charge < -0.3 is 16.0 Å². The van der Waals surface area contributed by atoms with Crippen LogP contribution in [-0.2, 0) is 5.54 Å². The summed E-state index contributed by atoms with van der Waals surface area (Å²) in [5.41, 5.74) is 0.547. The van der Waals surface area contributed by atoms with Gasteiger partial charge in [-0.3, -0.25) is 10.1 Å². The molecule has 0 aromatic carbocycles. The molecule has 0 unspecified atom stereocenters. The van der Waals surface area contributed by atoms with Crippen molar-refractivity contribution in [3.63, 3.8) is 0 Å². The standard InChI is InChI=1S/C16H19N7O2S/c1-17-14(25)20-9-7-10(19-8-18-9)21-15-22-12-11(26-15)13(24)23-16(12)5-3-2-4-6-16/h7-8H,2-6H2,1H3,(H,23,24)(H3,17,18,19,20,21,22,25). The molecule has 2 aliphatic rings. The molecular formula is C16H19N7O2S. The topological polar surface area (TPSA) is 121 Å². The second kappa shape index (κ2) is 6.52. The lowest BCUT2D eigenvalue weighted by atomic mass is 9.81.